The zero-order valence-electron chi connectivity index (χ0n) is 17.9. The number of carbonyl (C=O) groups is 1. The van der Waals surface area contributed by atoms with Crippen molar-refractivity contribution in [3.05, 3.63) is 57.7 Å². The molecule has 0 N–H and O–H groups in total. The van der Waals surface area contributed by atoms with Gasteiger partial charge in [-0.2, -0.15) is 5.10 Å². The number of likely N-dealkylation sites (tertiary alicyclic amines) is 1. The highest BCUT2D eigenvalue weighted by molar-refractivity contribution is 7.79. The standard InChI is InChI=1S/C21H23ClN4O5S/c1-12-11-24(20(28)31-21(2,3)4)16(12)18-23-25-9-8-15(22)17(25)19(27)26(18)13-6-5-7-14(10-13)32(29)30/h5-10,12,16H,11H2,1-4H3,(H,29,30)/p-1/t12-,16-/m0/s1. The van der Waals surface area contributed by atoms with Gasteiger partial charge in [-0.1, -0.05) is 24.6 Å². The SMILES string of the molecule is C[C@H]1CN(C(=O)OC(C)(C)C)[C@@H]1c1nn2ccc(Cl)c2c(=O)n1-c1cccc(S(=O)[O-])c1. The lowest BCUT2D eigenvalue weighted by molar-refractivity contribution is -0.0303. The van der Waals surface area contributed by atoms with Crippen molar-refractivity contribution >= 4 is 34.3 Å². The van der Waals surface area contributed by atoms with Crippen LogP contribution in [0.25, 0.3) is 11.2 Å². The van der Waals surface area contributed by atoms with Crippen LogP contribution in [0.5, 0.6) is 0 Å². The molecule has 0 saturated carbocycles. The average molecular weight is 478 g/mol. The van der Waals surface area contributed by atoms with Crippen LogP contribution in [-0.2, 0) is 15.8 Å². The molecule has 0 spiro atoms. The van der Waals surface area contributed by atoms with E-state index < -0.39 is 34.4 Å². The first-order valence-corrected chi connectivity index (χ1v) is 11.4. The summed E-state index contributed by atoms with van der Waals surface area (Å²) in [7, 11) is 0. The Balaban J connectivity index is 1.92. The molecule has 170 valence electrons. The highest BCUT2D eigenvalue weighted by Crippen LogP contribution is 2.39. The minimum Gasteiger partial charge on any atom is -0.768 e. The van der Waals surface area contributed by atoms with Gasteiger partial charge in [0.05, 0.1) is 16.8 Å². The zero-order chi connectivity index (χ0) is 23.4. The summed E-state index contributed by atoms with van der Waals surface area (Å²) in [5.74, 6) is 0.272. The van der Waals surface area contributed by atoms with E-state index in [-0.39, 0.29) is 27.2 Å². The monoisotopic (exact) mass is 477 g/mol. The number of ether oxygens (including phenoxy) is 1. The minimum absolute atomic E-state index is 0.0130. The van der Waals surface area contributed by atoms with Crippen molar-refractivity contribution in [2.45, 2.75) is 44.2 Å². The Morgan fingerprint density at radius 3 is 2.66 bits per heavy atom. The largest absolute Gasteiger partial charge is 0.768 e. The quantitative estimate of drug-likeness (QED) is 0.535. The topological polar surface area (TPSA) is 109 Å². The number of rotatable bonds is 3. The highest BCUT2D eigenvalue weighted by atomic mass is 35.5. The normalized spacial score (nSPS) is 19.6. The van der Waals surface area contributed by atoms with E-state index in [0.717, 1.165) is 0 Å². The summed E-state index contributed by atoms with van der Waals surface area (Å²) < 4.78 is 31.2. The van der Waals surface area contributed by atoms with E-state index in [9.17, 15) is 18.4 Å². The van der Waals surface area contributed by atoms with Crippen LogP contribution < -0.4 is 5.56 Å². The van der Waals surface area contributed by atoms with Gasteiger partial charge in [0.1, 0.15) is 11.1 Å². The molecule has 4 rings (SSSR count). The first kappa shape index (κ1) is 22.5. The molecule has 2 aromatic heterocycles. The van der Waals surface area contributed by atoms with Gasteiger partial charge in [-0.25, -0.2) is 9.31 Å². The second kappa shape index (κ2) is 8.02. The predicted octanol–water partition coefficient (Wildman–Crippen LogP) is 3.30. The van der Waals surface area contributed by atoms with Gasteiger partial charge in [0.15, 0.2) is 5.82 Å². The fraction of sp³-hybridized carbons (Fsp3) is 0.381. The molecule has 1 fully saturated rings. The molecule has 1 amide bonds. The van der Waals surface area contributed by atoms with E-state index in [1.807, 2.05) is 6.92 Å². The number of nitrogens with zero attached hydrogens (tertiary/aromatic N) is 4. The van der Waals surface area contributed by atoms with Crippen molar-refractivity contribution in [2.75, 3.05) is 6.54 Å². The molecule has 1 aliphatic heterocycles. The lowest BCUT2D eigenvalue weighted by atomic mass is 9.90. The number of benzene rings is 1. The first-order chi connectivity index (χ1) is 15.0. The number of hydrogen-bond donors (Lipinski definition) is 0. The third-order valence-electron chi connectivity index (χ3n) is 5.18. The smallest absolute Gasteiger partial charge is 0.410 e. The van der Waals surface area contributed by atoms with E-state index in [1.165, 1.54) is 32.2 Å². The maximum absolute atomic E-state index is 13.5. The molecule has 3 heterocycles. The van der Waals surface area contributed by atoms with Crippen LogP contribution in [0.15, 0.2) is 46.2 Å². The third-order valence-corrected chi connectivity index (χ3v) is 6.13. The highest BCUT2D eigenvalue weighted by Gasteiger charge is 2.45. The molecule has 9 nitrogen and oxygen atoms in total. The van der Waals surface area contributed by atoms with Crippen LogP contribution >= 0.6 is 11.6 Å². The van der Waals surface area contributed by atoms with Gasteiger partial charge in [0.2, 0.25) is 0 Å². The van der Waals surface area contributed by atoms with Gasteiger partial charge in [-0.05, 0) is 56.1 Å². The summed E-state index contributed by atoms with van der Waals surface area (Å²) in [4.78, 5) is 27.8. The summed E-state index contributed by atoms with van der Waals surface area (Å²) in [5.41, 5.74) is -0.693. The Morgan fingerprint density at radius 2 is 2.03 bits per heavy atom. The molecule has 3 atom stereocenters. The second-order valence-corrected chi connectivity index (χ2v) is 10.1. The summed E-state index contributed by atoms with van der Waals surface area (Å²) >= 11 is 3.74. The molecule has 0 bridgehead atoms. The molecule has 0 aliphatic carbocycles. The van der Waals surface area contributed by atoms with Crippen LogP contribution in [0.4, 0.5) is 4.79 Å². The molecular weight excluding hydrogens is 456 g/mol. The number of amides is 1. The molecule has 1 aliphatic rings. The lowest BCUT2D eigenvalue weighted by Gasteiger charge is -2.46. The molecule has 11 heteroatoms. The molecule has 1 unspecified atom stereocenters. The number of hydrogen-bond acceptors (Lipinski definition) is 6. The Bertz CT molecular complexity index is 1300. The van der Waals surface area contributed by atoms with Crippen LogP contribution in [0.3, 0.4) is 0 Å². The summed E-state index contributed by atoms with van der Waals surface area (Å²) in [6, 6.07) is 6.95. The number of carbonyl (C=O) groups excluding carboxylic acids is 1. The van der Waals surface area contributed by atoms with Gasteiger partial charge in [-0.15, -0.1) is 0 Å². The molecule has 1 saturated heterocycles. The summed E-state index contributed by atoms with van der Waals surface area (Å²) in [5, 5.41) is 4.82. The van der Waals surface area contributed by atoms with Gasteiger partial charge >= 0.3 is 6.09 Å². The second-order valence-electron chi connectivity index (χ2n) is 8.74. The predicted molar refractivity (Wildman–Crippen MR) is 118 cm³/mol. The Kier molecular flexibility index (Phi) is 5.64. The van der Waals surface area contributed by atoms with Crippen molar-refractivity contribution in [1.29, 1.82) is 0 Å². The van der Waals surface area contributed by atoms with E-state index >= 15 is 0 Å². The van der Waals surface area contributed by atoms with Gasteiger partial charge in [0.25, 0.3) is 5.56 Å². The molecule has 0 radical (unpaired) electrons. The van der Waals surface area contributed by atoms with Crippen LogP contribution in [-0.4, -0.2) is 46.1 Å². The Labute approximate surface area is 191 Å². The molecule has 3 aromatic rings. The van der Waals surface area contributed by atoms with Crippen molar-refractivity contribution in [3.63, 3.8) is 0 Å². The molecular formula is C21H22ClN4O5S-. The van der Waals surface area contributed by atoms with Crippen molar-refractivity contribution in [3.8, 4) is 5.69 Å². The number of aromatic nitrogens is 3. The first-order valence-electron chi connectivity index (χ1n) is 9.97. The minimum atomic E-state index is -2.48. The summed E-state index contributed by atoms with van der Waals surface area (Å²) in [6.07, 6.45) is 1.05. The van der Waals surface area contributed by atoms with Gasteiger partial charge in [-0.3, -0.25) is 18.5 Å². The van der Waals surface area contributed by atoms with Crippen molar-refractivity contribution < 1.29 is 18.3 Å². The maximum atomic E-state index is 13.5. The van der Waals surface area contributed by atoms with Crippen LogP contribution in [0, 0.1) is 5.92 Å². The van der Waals surface area contributed by atoms with Crippen LogP contribution in [0.2, 0.25) is 5.02 Å². The van der Waals surface area contributed by atoms with E-state index in [1.54, 1.807) is 39.1 Å². The third kappa shape index (κ3) is 3.94. The van der Waals surface area contributed by atoms with Crippen molar-refractivity contribution in [1.82, 2.24) is 19.1 Å². The van der Waals surface area contributed by atoms with E-state index in [0.29, 0.717) is 12.2 Å². The lowest BCUT2D eigenvalue weighted by Crippen LogP contribution is -2.54. The van der Waals surface area contributed by atoms with Gasteiger partial charge in [0, 0.05) is 23.6 Å². The van der Waals surface area contributed by atoms with Gasteiger partial charge < -0.3 is 9.29 Å². The number of halogens is 1. The fourth-order valence-corrected chi connectivity index (χ4v) is 4.44. The van der Waals surface area contributed by atoms with Crippen molar-refractivity contribution in [2.24, 2.45) is 5.92 Å². The Hall–Kier alpha value is -2.69. The van der Waals surface area contributed by atoms with E-state index in [4.69, 9.17) is 16.3 Å². The maximum Gasteiger partial charge on any atom is 0.410 e. The van der Waals surface area contributed by atoms with E-state index in [2.05, 4.69) is 5.10 Å². The summed E-state index contributed by atoms with van der Waals surface area (Å²) in [6.45, 7) is 7.71. The zero-order valence-corrected chi connectivity index (χ0v) is 19.5. The fourth-order valence-electron chi connectivity index (χ4n) is 3.81. The Morgan fingerprint density at radius 1 is 1.31 bits per heavy atom. The molecule has 1 aromatic carbocycles. The molecule has 32 heavy (non-hydrogen) atoms. The number of fused-ring (bicyclic) bond motifs is 1. The van der Waals surface area contributed by atoms with Crippen LogP contribution in [0.1, 0.15) is 39.6 Å². The average Bonchev–Trinajstić information content (AvgIpc) is 3.05.